The fraction of sp³-hybridized carbons (Fsp3) is 0.261. The maximum Gasteiger partial charge on any atom is 0.293 e. The summed E-state index contributed by atoms with van der Waals surface area (Å²) in [5.41, 5.74) is 8.81. The number of thiocarbonyl (C=S) groups is 1. The standard InChI is InChI=1S/C23H22ClN3O3S2/c1-11-3-6-14-18(9-11)32-22(19(14)20(25)28)27-23(31)26-21(29)17-8-7-16(30-17)13-5-4-12(2)15(24)10-13/h4-5,7-8,10-11H,3,6,9H2,1-2H3,(H2,25,28)(H2,26,27,29,31)/t11-/m0/s1. The van der Waals surface area contributed by atoms with Crippen LogP contribution in [0, 0.1) is 12.8 Å². The van der Waals surface area contributed by atoms with Crippen LogP contribution in [0.1, 0.15) is 50.3 Å². The molecule has 0 radical (unpaired) electrons. The molecule has 0 saturated heterocycles. The van der Waals surface area contributed by atoms with E-state index in [1.54, 1.807) is 18.2 Å². The fourth-order valence-corrected chi connectivity index (χ4v) is 5.62. The number of carbonyl (C=O) groups is 2. The lowest BCUT2D eigenvalue weighted by Crippen LogP contribution is -2.34. The Kier molecular flexibility index (Phi) is 6.37. The number of amides is 2. The number of hydrogen-bond donors (Lipinski definition) is 3. The molecule has 32 heavy (non-hydrogen) atoms. The average molecular weight is 488 g/mol. The Hall–Kier alpha value is -2.68. The van der Waals surface area contributed by atoms with Crippen LogP contribution < -0.4 is 16.4 Å². The molecule has 1 aliphatic carbocycles. The van der Waals surface area contributed by atoms with E-state index in [1.165, 1.54) is 11.3 Å². The van der Waals surface area contributed by atoms with Gasteiger partial charge in [0.2, 0.25) is 0 Å². The molecule has 2 heterocycles. The van der Waals surface area contributed by atoms with Gasteiger partial charge in [-0.3, -0.25) is 14.9 Å². The molecule has 1 aromatic carbocycles. The maximum absolute atomic E-state index is 12.6. The second-order valence-electron chi connectivity index (χ2n) is 7.96. The predicted molar refractivity (Wildman–Crippen MR) is 132 cm³/mol. The number of furan rings is 1. The van der Waals surface area contributed by atoms with Crippen LogP contribution in [0.15, 0.2) is 34.7 Å². The van der Waals surface area contributed by atoms with Crippen LogP contribution in [0.4, 0.5) is 5.00 Å². The monoisotopic (exact) mass is 487 g/mol. The number of nitrogens with one attached hydrogen (secondary N) is 2. The summed E-state index contributed by atoms with van der Waals surface area (Å²) in [6, 6.07) is 8.82. The Morgan fingerprint density at radius 2 is 2.06 bits per heavy atom. The molecule has 1 atom stereocenters. The summed E-state index contributed by atoms with van der Waals surface area (Å²) in [6.07, 6.45) is 2.72. The van der Waals surface area contributed by atoms with Crippen molar-refractivity contribution in [3.63, 3.8) is 0 Å². The highest BCUT2D eigenvalue weighted by atomic mass is 35.5. The van der Waals surface area contributed by atoms with Crippen molar-refractivity contribution in [1.29, 1.82) is 0 Å². The highest BCUT2D eigenvalue weighted by molar-refractivity contribution is 7.80. The molecule has 0 spiro atoms. The summed E-state index contributed by atoms with van der Waals surface area (Å²) < 4.78 is 5.69. The van der Waals surface area contributed by atoms with Gasteiger partial charge in [-0.2, -0.15) is 0 Å². The van der Waals surface area contributed by atoms with E-state index < -0.39 is 11.8 Å². The number of fused-ring (bicyclic) bond motifs is 1. The largest absolute Gasteiger partial charge is 0.451 e. The molecule has 166 valence electrons. The molecule has 2 aromatic heterocycles. The number of carbonyl (C=O) groups excluding carboxylic acids is 2. The Morgan fingerprint density at radius 3 is 2.78 bits per heavy atom. The molecule has 4 N–H and O–H groups in total. The van der Waals surface area contributed by atoms with E-state index in [0.717, 1.165) is 40.8 Å². The van der Waals surface area contributed by atoms with E-state index in [2.05, 4.69) is 17.6 Å². The summed E-state index contributed by atoms with van der Waals surface area (Å²) in [5, 5.41) is 6.83. The van der Waals surface area contributed by atoms with Gasteiger partial charge in [0.1, 0.15) is 10.8 Å². The molecule has 0 bridgehead atoms. The van der Waals surface area contributed by atoms with Crippen LogP contribution in [0.3, 0.4) is 0 Å². The smallest absolute Gasteiger partial charge is 0.293 e. The van der Waals surface area contributed by atoms with E-state index in [9.17, 15) is 9.59 Å². The van der Waals surface area contributed by atoms with Gasteiger partial charge in [0.15, 0.2) is 10.9 Å². The van der Waals surface area contributed by atoms with Gasteiger partial charge in [-0.05, 0) is 73.6 Å². The minimum atomic E-state index is -0.499. The van der Waals surface area contributed by atoms with E-state index in [1.807, 2.05) is 19.1 Å². The SMILES string of the molecule is Cc1ccc(-c2ccc(C(=O)NC(=S)Nc3sc4c(c3C(N)=O)CC[C@H](C)C4)o2)cc1Cl. The van der Waals surface area contributed by atoms with Gasteiger partial charge in [-0.1, -0.05) is 30.7 Å². The molecule has 9 heteroatoms. The summed E-state index contributed by atoms with van der Waals surface area (Å²) >= 11 is 13.0. The van der Waals surface area contributed by atoms with E-state index in [-0.39, 0.29) is 10.9 Å². The van der Waals surface area contributed by atoms with Gasteiger partial charge in [0, 0.05) is 15.5 Å². The van der Waals surface area contributed by atoms with Crippen LogP contribution in [0.2, 0.25) is 5.02 Å². The summed E-state index contributed by atoms with van der Waals surface area (Å²) in [7, 11) is 0. The number of halogens is 1. The zero-order valence-electron chi connectivity index (χ0n) is 17.6. The zero-order chi connectivity index (χ0) is 23.0. The van der Waals surface area contributed by atoms with Crippen LogP contribution in [0.25, 0.3) is 11.3 Å². The van der Waals surface area contributed by atoms with E-state index >= 15 is 0 Å². The highest BCUT2D eigenvalue weighted by Crippen LogP contribution is 2.39. The first-order chi connectivity index (χ1) is 15.2. The van der Waals surface area contributed by atoms with Crippen molar-refractivity contribution in [2.75, 3.05) is 5.32 Å². The van der Waals surface area contributed by atoms with Crippen LogP contribution >= 0.6 is 35.2 Å². The molecule has 4 rings (SSSR count). The van der Waals surface area contributed by atoms with Crippen molar-refractivity contribution in [1.82, 2.24) is 5.32 Å². The molecule has 3 aromatic rings. The predicted octanol–water partition coefficient (Wildman–Crippen LogP) is 5.32. The van der Waals surface area contributed by atoms with Crippen LogP contribution in [0.5, 0.6) is 0 Å². The second kappa shape index (κ2) is 9.05. The zero-order valence-corrected chi connectivity index (χ0v) is 20.0. The third-order valence-corrected chi connectivity index (χ3v) is 7.28. The molecule has 1 aliphatic rings. The molecule has 0 fully saturated rings. The van der Waals surface area contributed by atoms with Crippen molar-refractivity contribution in [2.45, 2.75) is 33.1 Å². The number of anilines is 1. The van der Waals surface area contributed by atoms with Gasteiger partial charge in [0.25, 0.3) is 11.8 Å². The Balaban J connectivity index is 1.47. The molecule has 6 nitrogen and oxygen atoms in total. The fourth-order valence-electron chi connectivity index (χ4n) is 3.76. The van der Waals surface area contributed by atoms with Crippen molar-refractivity contribution >= 4 is 57.1 Å². The van der Waals surface area contributed by atoms with E-state index in [0.29, 0.717) is 27.3 Å². The third-order valence-electron chi connectivity index (χ3n) is 5.50. The van der Waals surface area contributed by atoms with Crippen molar-refractivity contribution < 1.29 is 14.0 Å². The number of thiophene rings is 1. The minimum Gasteiger partial charge on any atom is -0.451 e. The lowest BCUT2D eigenvalue weighted by Gasteiger charge is -2.18. The lowest BCUT2D eigenvalue weighted by atomic mass is 9.88. The summed E-state index contributed by atoms with van der Waals surface area (Å²) in [5.74, 6) is 0.184. The van der Waals surface area contributed by atoms with Gasteiger partial charge in [-0.15, -0.1) is 11.3 Å². The highest BCUT2D eigenvalue weighted by Gasteiger charge is 2.27. The lowest BCUT2D eigenvalue weighted by molar-refractivity contribution is 0.0950. The number of nitrogens with two attached hydrogens (primary N) is 1. The minimum absolute atomic E-state index is 0.0699. The first kappa shape index (κ1) is 22.5. The van der Waals surface area contributed by atoms with Crippen LogP contribution in [-0.2, 0) is 12.8 Å². The Morgan fingerprint density at radius 1 is 1.28 bits per heavy atom. The van der Waals surface area contributed by atoms with Crippen molar-refractivity contribution in [2.24, 2.45) is 11.7 Å². The summed E-state index contributed by atoms with van der Waals surface area (Å²) in [6.45, 7) is 4.10. The maximum atomic E-state index is 12.6. The summed E-state index contributed by atoms with van der Waals surface area (Å²) in [4.78, 5) is 25.8. The molecule has 2 amide bonds. The molecule has 0 aliphatic heterocycles. The van der Waals surface area contributed by atoms with Crippen LogP contribution in [-0.4, -0.2) is 16.9 Å². The second-order valence-corrected chi connectivity index (χ2v) is 9.88. The van der Waals surface area contributed by atoms with Gasteiger partial charge in [0.05, 0.1) is 5.56 Å². The van der Waals surface area contributed by atoms with Crippen molar-refractivity contribution in [3.8, 4) is 11.3 Å². The molecular weight excluding hydrogens is 466 g/mol. The number of aryl methyl sites for hydroxylation is 1. The molecule has 0 saturated carbocycles. The normalized spacial score (nSPS) is 15.2. The Labute approximate surface area is 200 Å². The number of rotatable bonds is 4. The topological polar surface area (TPSA) is 97.4 Å². The molecule has 0 unspecified atom stereocenters. The quantitative estimate of drug-likeness (QED) is 0.432. The first-order valence-electron chi connectivity index (χ1n) is 10.2. The number of hydrogen-bond acceptors (Lipinski definition) is 5. The van der Waals surface area contributed by atoms with Crippen molar-refractivity contribution in [3.05, 3.63) is 62.7 Å². The average Bonchev–Trinajstić information content (AvgIpc) is 3.34. The first-order valence-corrected chi connectivity index (χ1v) is 11.8. The van der Waals surface area contributed by atoms with Gasteiger partial charge >= 0.3 is 0 Å². The van der Waals surface area contributed by atoms with Gasteiger partial charge in [-0.25, -0.2) is 0 Å². The Bertz CT molecular complexity index is 1230. The third kappa shape index (κ3) is 4.57. The van der Waals surface area contributed by atoms with Gasteiger partial charge < -0.3 is 15.5 Å². The van der Waals surface area contributed by atoms with E-state index in [4.69, 9.17) is 34.0 Å². The number of benzene rings is 1. The molecular formula is C23H22ClN3O3S2. The number of primary amides is 1.